The summed E-state index contributed by atoms with van der Waals surface area (Å²) in [6, 6.07) is 48.8. The highest BCUT2D eigenvalue weighted by atomic mass is 16.3. The van der Waals surface area contributed by atoms with Gasteiger partial charge in [0.1, 0.15) is 11.2 Å². The smallest absolute Gasteiger partial charge is 0.143 e. The Balaban J connectivity index is 1.34. The van der Waals surface area contributed by atoms with Gasteiger partial charge in [0.05, 0.1) is 0 Å². The van der Waals surface area contributed by atoms with Crippen LogP contribution in [0.15, 0.2) is 151 Å². The summed E-state index contributed by atoms with van der Waals surface area (Å²) in [5.74, 6) is 0. The first kappa shape index (κ1) is 25.6. The second-order valence-corrected chi connectivity index (χ2v) is 10.8. The Morgan fingerprint density at radius 1 is 0.619 bits per heavy atom. The summed E-state index contributed by atoms with van der Waals surface area (Å²) in [6.07, 6.45) is 0.786. The predicted octanol–water partition coefficient (Wildman–Crippen LogP) is 11.2. The van der Waals surface area contributed by atoms with E-state index in [0.29, 0.717) is 0 Å². The van der Waals surface area contributed by atoms with Gasteiger partial charge in [-0.05, 0) is 82.6 Å². The standard InChI is InChI=1S/C40H31NO/c1-27-13-9-10-18-33(27)34-22-21-31(24-36(34)28(2)23-29-14-5-3-6-15-29)41-32-25-37(30-16-7-4-8-17-30)40-38(26-32)35-19-11-12-20-39(35)42-40/h3-22,24-26,41H,2,23H2,1H3. The Labute approximate surface area is 246 Å². The Morgan fingerprint density at radius 2 is 1.33 bits per heavy atom. The van der Waals surface area contributed by atoms with Gasteiger partial charge in [-0.25, -0.2) is 0 Å². The van der Waals surface area contributed by atoms with Crippen LogP contribution in [0.25, 0.3) is 49.8 Å². The zero-order chi connectivity index (χ0) is 28.5. The SMILES string of the molecule is C=C(Cc1ccccc1)c1cc(Nc2cc(-c3ccccc3)c3oc4ccccc4c3c2)ccc1-c1ccccc1C. The van der Waals surface area contributed by atoms with Crippen molar-refractivity contribution in [1.29, 1.82) is 0 Å². The molecule has 1 N–H and O–H groups in total. The van der Waals surface area contributed by atoms with Crippen LogP contribution in [-0.2, 0) is 6.42 Å². The quantitative estimate of drug-likeness (QED) is 0.217. The number of hydrogen-bond acceptors (Lipinski definition) is 2. The number of allylic oxidation sites excluding steroid dienone is 1. The van der Waals surface area contributed by atoms with Crippen molar-refractivity contribution in [2.75, 3.05) is 5.32 Å². The molecule has 2 heteroatoms. The predicted molar refractivity (Wildman–Crippen MR) is 178 cm³/mol. The molecule has 42 heavy (non-hydrogen) atoms. The van der Waals surface area contributed by atoms with E-state index < -0.39 is 0 Å². The summed E-state index contributed by atoms with van der Waals surface area (Å²) in [6.45, 7) is 6.73. The largest absolute Gasteiger partial charge is 0.455 e. The van der Waals surface area contributed by atoms with Crippen LogP contribution >= 0.6 is 0 Å². The maximum absolute atomic E-state index is 6.39. The summed E-state index contributed by atoms with van der Waals surface area (Å²) in [5, 5.41) is 5.94. The number of hydrogen-bond donors (Lipinski definition) is 1. The van der Waals surface area contributed by atoms with Crippen LogP contribution in [0.1, 0.15) is 16.7 Å². The summed E-state index contributed by atoms with van der Waals surface area (Å²) in [7, 11) is 0. The van der Waals surface area contributed by atoms with E-state index in [-0.39, 0.29) is 0 Å². The van der Waals surface area contributed by atoms with Crippen LogP contribution in [0.4, 0.5) is 11.4 Å². The van der Waals surface area contributed by atoms with Crippen molar-refractivity contribution >= 4 is 38.9 Å². The van der Waals surface area contributed by atoms with Gasteiger partial charge in [-0.1, -0.05) is 116 Å². The summed E-state index contributed by atoms with van der Waals surface area (Å²) in [4.78, 5) is 0. The molecule has 1 heterocycles. The van der Waals surface area contributed by atoms with Crippen LogP contribution in [0.3, 0.4) is 0 Å². The molecule has 2 nitrogen and oxygen atoms in total. The highest BCUT2D eigenvalue weighted by molar-refractivity contribution is 6.11. The van der Waals surface area contributed by atoms with Gasteiger partial charge < -0.3 is 9.73 Å². The number of aryl methyl sites for hydroxylation is 1. The number of anilines is 2. The highest BCUT2D eigenvalue weighted by Gasteiger charge is 2.16. The molecule has 7 rings (SSSR count). The minimum absolute atomic E-state index is 0.786. The average Bonchev–Trinajstić information content (AvgIpc) is 3.41. The van der Waals surface area contributed by atoms with Gasteiger partial charge >= 0.3 is 0 Å². The molecule has 6 aromatic carbocycles. The Hall–Kier alpha value is -5.34. The molecule has 0 aliphatic rings. The average molecular weight is 542 g/mol. The molecule has 7 aromatic rings. The molecule has 0 unspecified atom stereocenters. The molecular weight excluding hydrogens is 510 g/mol. The Kier molecular flexibility index (Phi) is 6.65. The molecular formula is C40H31NO. The van der Waals surface area contributed by atoms with E-state index in [2.05, 4.69) is 140 Å². The van der Waals surface area contributed by atoms with Gasteiger partial charge in [-0.3, -0.25) is 0 Å². The van der Waals surface area contributed by atoms with Gasteiger partial charge in [0.15, 0.2) is 0 Å². The molecule has 0 spiro atoms. The third kappa shape index (κ3) is 4.88. The summed E-state index contributed by atoms with van der Waals surface area (Å²) in [5.41, 5.74) is 13.2. The number of fused-ring (bicyclic) bond motifs is 3. The van der Waals surface area contributed by atoms with Crippen LogP contribution < -0.4 is 5.32 Å². The van der Waals surface area contributed by atoms with E-state index in [1.165, 1.54) is 22.3 Å². The van der Waals surface area contributed by atoms with Crippen molar-refractivity contribution < 1.29 is 4.42 Å². The van der Waals surface area contributed by atoms with Gasteiger partial charge in [0.2, 0.25) is 0 Å². The Morgan fingerprint density at radius 3 is 2.14 bits per heavy atom. The fourth-order valence-corrected chi connectivity index (χ4v) is 5.86. The van der Waals surface area contributed by atoms with E-state index in [0.717, 1.165) is 62.0 Å². The zero-order valence-corrected chi connectivity index (χ0v) is 23.6. The third-order valence-corrected chi connectivity index (χ3v) is 7.95. The van der Waals surface area contributed by atoms with Crippen molar-refractivity contribution in [3.8, 4) is 22.3 Å². The fraction of sp³-hybridized carbons (Fsp3) is 0.0500. The third-order valence-electron chi connectivity index (χ3n) is 7.95. The van der Waals surface area contributed by atoms with E-state index in [1.54, 1.807) is 0 Å². The second-order valence-electron chi connectivity index (χ2n) is 10.8. The van der Waals surface area contributed by atoms with Crippen molar-refractivity contribution in [1.82, 2.24) is 0 Å². The summed E-state index contributed by atoms with van der Waals surface area (Å²) < 4.78 is 6.39. The first-order valence-electron chi connectivity index (χ1n) is 14.3. The minimum atomic E-state index is 0.786. The minimum Gasteiger partial charge on any atom is -0.455 e. The molecule has 0 fully saturated rings. The van der Waals surface area contributed by atoms with E-state index in [1.807, 2.05) is 18.2 Å². The zero-order valence-electron chi connectivity index (χ0n) is 23.6. The lowest BCUT2D eigenvalue weighted by molar-refractivity contribution is 0.670. The maximum atomic E-state index is 6.39. The normalized spacial score (nSPS) is 11.2. The molecule has 0 bridgehead atoms. The molecule has 0 amide bonds. The molecule has 0 aliphatic heterocycles. The van der Waals surface area contributed by atoms with E-state index in [4.69, 9.17) is 4.42 Å². The fourth-order valence-electron chi connectivity index (χ4n) is 5.86. The maximum Gasteiger partial charge on any atom is 0.143 e. The van der Waals surface area contributed by atoms with Gasteiger partial charge in [0.25, 0.3) is 0 Å². The van der Waals surface area contributed by atoms with Crippen molar-refractivity contribution in [2.45, 2.75) is 13.3 Å². The second kappa shape index (κ2) is 10.9. The van der Waals surface area contributed by atoms with E-state index in [9.17, 15) is 0 Å². The number of para-hydroxylation sites is 1. The molecule has 202 valence electrons. The first-order chi connectivity index (χ1) is 20.6. The molecule has 0 saturated heterocycles. The lowest BCUT2D eigenvalue weighted by Crippen LogP contribution is -1.98. The number of nitrogens with one attached hydrogen (secondary N) is 1. The number of benzene rings is 6. The van der Waals surface area contributed by atoms with Crippen molar-refractivity contribution in [3.63, 3.8) is 0 Å². The van der Waals surface area contributed by atoms with E-state index >= 15 is 0 Å². The number of rotatable bonds is 7. The highest BCUT2D eigenvalue weighted by Crippen LogP contribution is 2.40. The lowest BCUT2D eigenvalue weighted by Gasteiger charge is -2.17. The van der Waals surface area contributed by atoms with Gasteiger partial charge in [-0.15, -0.1) is 0 Å². The Bertz CT molecular complexity index is 2050. The molecule has 0 aliphatic carbocycles. The lowest BCUT2D eigenvalue weighted by atomic mass is 9.89. The van der Waals surface area contributed by atoms with Gasteiger partial charge in [-0.2, -0.15) is 0 Å². The first-order valence-corrected chi connectivity index (χ1v) is 14.3. The topological polar surface area (TPSA) is 25.2 Å². The summed E-state index contributed by atoms with van der Waals surface area (Å²) >= 11 is 0. The van der Waals surface area contributed by atoms with Gasteiger partial charge in [0, 0.05) is 27.7 Å². The number of furan rings is 1. The monoisotopic (exact) mass is 541 g/mol. The van der Waals surface area contributed by atoms with Crippen LogP contribution in [0, 0.1) is 6.92 Å². The van der Waals surface area contributed by atoms with Crippen molar-refractivity contribution in [3.05, 3.63) is 163 Å². The molecule has 0 saturated carbocycles. The molecule has 0 radical (unpaired) electrons. The van der Waals surface area contributed by atoms with Crippen LogP contribution in [0.5, 0.6) is 0 Å². The molecule has 0 atom stereocenters. The van der Waals surface area contributed by atoms with Crippen LogP contribution in [-0.4, -0.2) is 0 Å². The molecule has 1 aromatic heterocycles. The van der Waals surface area contributed by atoms with Crippen LogP contribution in [0.2, 0.25) is 0 Å². The van der Waals surface area contributed by atoms with Crippen molar-refractivity contribution in [2.24, 2.45) is 0 Å².